The first-order valence-electron chi connectivity index (χ1n) is 15.0. The summed E-state index contributed by atoms with van der Waals surface area (Å²) < 4.78 is 30.6. The van der Waals surface area contributed by atoms with E-state index in [9.17, 15) is 9.46 Å². The summed E-state index contributed by atoms with van der Waals surface area (Å²) in [6.07, 6.45) is 21.0. The van der Waals surface area contributed by atoms with Gasteiger partial charge in [-0.05, 0) is 32.6 Å². The molecule has 11 heteroatoms. The zero-order valence-electron chi connectivity index (χ0n) is 24.3. The lowest BCUT2D eigenvalue weighted by molar-refractivity contribution is 0.0713. The first kappa shape index (κ1) is 33.6. The van der Waals surface area contributed by atoms with E-state index in [1.165, 1.54) is 77.0 Å². The number of anilines is 1. The molecule has 0 aromatic carbocycles. The molecule has 10 nitrogen and oxygen atoms in total. The summed E-state index contributed by atoms with van der Waals surface area (Å²) in [5, 5.41) is 0. The fourth-order valence-corrected chi connectivity index (χ4v) is 5.39. The van der Waals surface area contributed by atoms with Gasteiger partial charge in [-0.2, -0.15) is 0 Å². The van der Waals surface area contributed by atoms with Crippen molar-refractivity contribution in [1.29, 1.82) is 0 Å². The highest BCUT2D eigenvalue weighted by atomic mass is 31.2. The molecule has 2 heterocycles. The highest BCUT2D eigenvalue weighted by molar-refractivity contribution is 7.52. The molecule has 3 N–H and O–H groups in total. The zero-order valence-corrected chi connectivity index (χ0v) is 25.2. The van der Waals surface area contributed by atoms with E-state index in [0.717, 1.165) is 32.5 Å². The van der Waals surface area contributed by atoms with Gasteiger partial charge in [-0.15, -0.1) is 0 Å². The maximum atomic E-state index is 12.3. The van der Waals surface area contributed by atoms with Gasteiger partial charge in [0.2, 0.25) is 0 Å². The SMILES string of the molecule is CCCCCCCCCCCCCCOCCCCCOP(=O)(O)CO[C@H](C)Cn1cnc2c(N)ncnc21. The minimum atomic E-state index is -3.81. The van der Waals surface area contributed by atoms with Crippen LogP contribution in [0.3, 0.4) is 0 Å². The van der Waals surface area contributed by atoms with Gasteiger partial charge in [-0.25, -0.2) is 15.0 Å². The maximum Gasteiger partial charge on any atom is 0.353 e. The van der Waals surface area contributed by atoms with Crippen LogP contribution in [0.2, 0.25) is 0 Å². The van der Waals surface area contributed by atoms with E-state index in [-0.39, 0.29) is 19.1 Å². The van der Waals surface area contributed by atoms with Crippen LogP contribution >= 0.6 is 7.60 Å². The van der Waals surface area contributed by atoms with Gasteiger partial charge in [0.1, 0.15) is 18.2 Å². The van der Waals surface area contributed by atoms with Crippen LogP contribution in [-0.2, 0) is 25.1 Å². The van der Waals surface area contributed by atoms with Crippen LogP contribution in [0, 0.1) is 0 Å². The molecule has 0 aliphatic heterocycles. The van der Waals surface area contributed by atoms with Crippen LogP contribution in [0.25, 0.3) is 11.2 Å². The van der Waals surface area contributed by atoms with E-state index in [2.05, 4.69) is 21.9 Å². The Balaban J connectivity index is 1.38. The normalized spacial score (nSPS) is 14.1. The molecule has 0 bridgehead atoms. The highest BCUT2D eigenvalue weighted by Gasteiger charge is 2.21. The Morgan fingerprint density at radius 3 is 2.08 bits per heavy atom. The second-order valence-corrected chi connectivity index (χ2v) is 12.3. The number of rotatable bonds is 25. The smallest absolute Gasteiger partial charge is 0.353 e. The third kappa shape index (κ3) is 15.1. The molecule has 0 amide bonds. The molecule has 2 rings (SSSR count). The molecule has 1 unspecified atom stereocenters. The van der Waals surface area contributed by atoms with Crippen molar-refractivity contribution in [3.8, 4) is 0 Å². The molecule has 224 valence electrons. The Kier molecular flexibility index (Phi) is 17.5. The number of imidazole rings is 1. The summed E-state index contributed by atoms with van der Waals surface area (Å²) in [6.45, 7) is 6.27. The number of fused-ring (bicyclic) bond motifs is 1. The topological polar surface area (TPSA) is 135 Å². The van der Waals surface area contributed by atoms with E-state index in [1.807, 2.05) is 6.92 Å². The van der Waals surface area contributed by atoms with Gasteiger partial charge >= 0.3 is 7.60 Å². The molecule has 2 aromatic heterocycles. The lowest BCUT2D eigenvalue weighted by atomic mass is 10.1. The number of unbranched alkanes of at least 4 members (excludes halogenated alkanes) is 13. The molecule has 39 heavy (non-hydrogen) atoms. The average molecular weight is 570 g/mol. The van der Waals surface area contributed by atoms with Crippen molar-refractivity contribution in [3.63, 3.8) is 0 Å². The van der Waals surface area contributed by atoms with Gasteiger partial charge in [-0.3, -0.25) is 4.57 Å². The standard InChI is InChI=1S/C28H52N5O5P/c1-3-4-5-6-7-8-9-10-11-12-13-15-18-36-19-16-14-17-20-38-39(34,35)24-37-25(2)21-33-23-32-26-27(29)30-22-31-28(26)33/h22-23,25H,3-21,24H2,1-2H3,(H,34,35)(H2,29,30,31)/t25-/m1/s1. The molecular formula is C28H52N5O5P. The number of hydrogen-bond acceptors (Lipinski definition) is 8. The zero-order chi connectivity index (χ0) is 28.2. The molecule has 2 atom stereocenters. The Morgan fingerprint density at radius 1 is 0.872 bits per heavy atom. The molecule has 0 fully saturated rings. The van der Waals surface area contributed by atoms with Gasteiger partial charge in [0, 0.05) is 13.2 Å². The van der Waals surface area contributed by atoms with Gasteiger partial charge in [0.25, 0.3) is 0 Å². The summed E-state index contributed by atoms with van der Waals surface area (Å²) in [5.74, 6) is 0.312. The van der Waals surface area contributed by atoms with E-state index >= 15 is 0 Å². The molecule has 0 aliphatic carbocycles. The first-order valence-corrected chi connectivity index (χ1v) is 16.8. The molecule has 0 radical (unpaired) electrons. The summed E-state index contributed by atoms with van der Waals surface area (Å²) in [6, 6.07) is 0. The van der Waals surface area contributed by atoms with Crippen LogP contribution in [0.1, 0.15) is 110 Å². The van der Waals surface area contributed by atoms with Crippen molar-refractivity contribution in [3.05, 3.63) is 12.7 Å². The number of hydrogen-bond donors (Lipinski definition) is 2. The second-order valence-electron chi connectivity index (χ2n) is 10.5. The quantitative estimate of drug-likeness (QED) is 0.0971. The van der Waals surface area contributed by atoms with E-state index in [4.69, 9.17) is 19.7 Å². The molecule has 2 aromatic rings. The van der Waals surface area contributed by atoms with E-state index in [1.54, 1.807) is 10.9 Å². The highest BCUT2D eigenvalue weighted by Crippen LogP contribution is 2.42. The lowest BCUT2D eigenvalue weighted by Gasteiger charge is -2.17. The van der Waals surface area contributed by atoms with Gasteiger partial charge in [-0.1, -0.05) is 77.6 Å². The van der Waals surface area contributed by atoms with Crippen molar-refractivity contribution in [2.24, 2.45) is 0 Å². The summed E-state index contributed by atoms with van der Waals surface area (Å²) >= 11 is 0. The Hall–Kier alpha value is -1.58. The van der Waals surface area contributed by atoms with Crippen molar-refractivity contribution in [2.45, 2.75) is 123 Å². The molecule has 0 saturated carbocycles. The van der Waals surface area contributed by atoms with Gasteiger partial charge < -0.3 is 29.2 Å². The predicted octanol–water partition coefficient (Wildman–Crippen LogP) is 6.86. The molecule has 0 saturated heterocycles. The predicted molar refractivity (Wildman–Crippen MR) is 157 cm³/mol. The van der Waals surface area contributed by atoms with Crippen LogP contribution in [0.4, 0.5) is 5.82 Å². The Labute approximate surface area is 235 Å². The van der Waals surface area contributed by atoms with E-state index in [0.29, 0.717) is 29.9 Å². The fraction of sp³-hybridized carbons (Fsp3) is 0.821. The lowest BCUT2D eigenvalue weighted by Crippen LogP contribution is -2.17. The first-order chi connectivity index (χ1) is 18.9. The van der Waals surface area contributed by atoms with Crippen molar-refractivity contribution in [2.75, 3.05) is 31.9 Å². The number of nitrogens with zero attached hydrogens (tertiary/aromatic N) is 4. The van der Waals surface area contributed by atoms with Gasteiger partial charge in [0.15, 0.2) is 11.5 Å². The summed E-state index contributed by atoms with van der Waals surface area (Å²) in [5.41, 5.74) is 6.93. The number of nitrogens with two attached hydrogens (primary N) is 1. The monoisotopic (exact) mass is 569 g/mol. The van der Waals surface area contributed by atoms with Crippen LogP contribution in [0.5, 0.6) is 0 Å². The maximum absolute atomic E-state index is 12.3. The van der Waals surface area contributed by atoms with Crippen molar-refractivity contribution in [1.82, 2.24) is 19.5 Å². The number of ether oxygens (including phenoxy) is 2. The third-order valence-electron chi connectivity index (χ3n) is 6.77. The molecule has 0 spiro atoms. The van der Waals surface area contributed by atoms with Crippen LogP contribution in [0.15, 0.2) is 12.7 Å². The number of nitrogen functional groups attached to an aromatic ring is 1. The number of aromatic nitrogens is 4. The summed E-state index contributed by atoms with van der Waals surface area (Å²) in [7, 11) is -3.81. The molecule has 0 aliphatic rings. The van der Waals surface area contributed by atoms with Crippen LogP contribution in [-0.4, -0.2) is 56.7 Å². The minimum absolute atomic E-state index is 0.229. The van der Waals surface area contributed by atoms with Crippen molar-refractivity contribution < 1.29 is 23.5 Å². The van der Waals surface area contributed by atoms with E-state index < -0.39 is 7.60 Å². The van der Waals surface area contributed by atoms with Crippen LogP contribution < -0.4 is 5.73 Å². The Morgan fingerprint density at radius 2 is 1.44 bits per heavy atom. The fourth-order valence-electron chi connectivity index (χ4n) is 4.46. The van der Waals surface area contributed by atoms with Gasteiger partial charge in [0.05, 0.1) is 25.6 Å². The molecular weight excluding hydrogens is 517 g/mol. The van der Waals surface area contributed by atoms with Crippen molar-refractivity contribution >= 4 is 24.6 Å². The summed E-state index contributed by atoms with van der Waals surface area (Å²) in [4.78, 5) is 22.4. The second kappa shape index (κ2) is 20.3. The average Bonchev–Trinajstić information content (AvgIpc) is 3.32. The third-order valence-corrected chi connectivity index (χ3v) is 7.84. The Bertz CT molecular complexity index is 944. The largest absolute Gasteiger partial charge is 0.382 e. The minimum Gasteiger partial charge on any atom is -0.382 e.